The van der Waals surface area contributed by atoms with Gasteiger partial charge in [-0.3, -0.25) is 0 Å². The third-order valence-electron chi connectivity index (χ3n) is 4.44. The molecule has 4 nitrogen and oxygen atoms in total. The van der Waals surface area contributed by atoms with Crippen molar-refractivity contribution in [2.24, 2.45) is 4.99 Å². The summed E-state index contributed by atoms with van der Waals surface area (Å²) in [6, 6.07) is 5.16. The van der Waals surface area contributed by atoms with E-state index in [4.69, 9.17) is 0 Å². The minimum Gasteiger partial charge on any atom is -0.357 e. The lowest BCUT2D eigenvalue weighted by atomic mass is 10.1. The molecule has 0 amide bonds. The molecule has 1 aromatic carbocycles. The first-order valence-corrected chi connectivity index (χ1v) is 9.39. The highest BCUT2D eigenvalue weighted by molar-refractivity contribution is 5.79. The lowest BCUT2D eigenvalue weighted by Crippen LogP contribution is -2.38. The standard InChI is InChI=1S/C19H29F3N4/c1-2-23-18(24-11-3-4-12-26-13-5-6-14-26)25-15-16-7-9-17(10-8-16)19(20,21)22/h7-10H,2-6,11-15H2,1H3,(H2,23,24,25). The molecular weight excluding hydrogens is 341 g/mol. The zero-order valence-corrected chi connectivity index (χ0v) is 15.4. The smallest absolute Gasteiger partial charge is 0.357 e. The molecule has 26 heavy (non-hydrogen) atoms. The predicted molar refractivity (Wildman–Crippen MR) is 99.2 cm³/mol. The minimum absolute atomic E-state index is 0.348. The molecule has 7 heteroatoms. The zero-order chi connectivity index (χ0) is 18.8. The molecule has 0 aliphatic carbocycles. The molecule has 1 aliphatic rings. The van der Waals surface area contributed by atoms with Crippen LogP contribution in [0.25, 0.3) is 0 Å². The highest BCUT2D eigenvalue weighted by atomic mass is 19.4. The van der Waals surface area contributed by atoms with Gasteiger partial charge in [-0.2, -0.15) is 13.2 Å². The summed E-state index contributed by atoms with van der Waals surface area (Å²) in [5, 5.41) is 6.46. The quantitative estimate of drug-likeness (QED) is 0.417. The van der Waals surface area contributed by atoms with Crippen molar-refractivity contribution in [2.45, 2.75) is 45.3 Å². The van der Waals surface area contributed by atoms with E-state index in [1.165, 1.54) is 38.1 Å². The van der Waals surface area contributed by atoms with Crippen LogP contribution in [0, 0.1) is 0 Å². The van der Waals surface area contributed by atoms with Crippen molar-refractivity contribution in [1.29, 1.82) is 0 Å². The zero-order valence-electron chi connectivity index (χ0n) is 15.4. The summed E-state index contributed by atoms with van der Waals surface area (Å²) < 4.78 is 37.8. The number of nitrogens with zero attached hydrogens (tertiary/aromatic N) is 2. The Kier molecular flexibility index (Phi) is 8.22. The maximum Gasteiger partial charge on any atom is 0.416 e. The Labute approximate surface area is 153 Å². The van der Waals surface area contributed by atoms with Gasteiger partial charge in [-0.05, 0) is 69.9 Å². The van der Waals surface area contributed by atoms with Crippen LogP contribution in [0.15, 0.2) is 29.3 Å². The summed E-state index contributed by atoms with van der Waals surface area (Å²) in [5.41, 5.74) is 0.123. The average molecular weight is 370 g/mol. The molecule has 0 radical (unpaired) electrons. The molecule has 0 aromatic heterocycles. The van der Waals surface area contributed by atoms with Gasteiger partial charge < -0.3 is 15.5 Å². The first-order valence-electron chi connectivity index (χ1n) is 9.39. The molecule has 0 atom stereocenters. The van der Waals surface area contributed by atoms with Gasteiger partial charge in [0.25, 0.3) is 0 Å². The fourth-order valence-corrected chi connectivity index (χ4v) is 2.98. The topological polar surface area (TPSA) is 39.7 Å². The summed E-state index contributed by atoms with van der Waals surface area (Å²) in [7, 11) is 0. The number of benzene rings is 1. The molecule has 1 aromatic rings. The molecule has 0 unspecified atom stereocenters. The number of alkyl halides is 3. The number of halogens is 3. The van der Waals surface area contributed by atoms with Crippen molar-refractivity contribution in [3.05, 3.63) is 35.4 Å². The Hall–Kier alpha value is -1.76. The monoisotopic (exact) mass is 370 g/mol. The van der Waals surface area contributed by atoms with E-state index in [9.17, 15) is 13.2 Å². The summed E-state index contributed by atoms with van der Waals surface area (Å²) >= 11 is 0. The largest absolute Gasteiger partial charge is 0.416 e. The second kappa shape index (κ2) is 10.4. The second-order valence-electron chi connectivity index (χ2n) is 6.57. The van der Waals surface area contributed by atoms with Gasteiger partial charge in [0.05, 0.1) is 12.1 Å². The van der Waals surface area contributed by atoms with Crippen LogP contribution in [-0.2, 0) is 12.7 Å². The number of hydrogen-bond acceptors (Lipinski definition) is 2. The van der Waals surface area contributed by atoms with Crippen LogP contribution >= 0.6 is 0 Å². The highest BCUT2D eigenvalue weighted by Crippen LogP contribution is 2.29. The van der Waals surface area contributed by atoms with Crippen LogP contribution in [0.5, 0.6) is 0 Å². The van der Waals surface area contributed by atoms with Crippen LogP contribution < -0.4 is 10.6 Å². The van der Waals surface area contributed by atoms with Gasteiger partial charge in [-0.25, -0.2) is 4.99 Å². The van der Waals surface area contributed by atoms with Crippen LogP contribution in [0.2, 0.25) is 0 Å². The Morgan fingerprint density at radius 2 is 1.77 bits per heavy atom. The summed E-state index contributed by atoms with van der Waals surface area (Å²) in [5.74, 6) is 0.702. The number of hydrogen-bond donors (Lipinski definition) is 2. The van der Waals surface area contributed by atoms with Crippen molar-refractivity contribution >= 4 is 5.96 Å². The number of likely N-dealkylation sites (tertiary alicyclic amines) is 1. The Morgan fingerprint density at radius 1 is 1.08 bits per heavy atom. The van der Waals surface area contributed by atoms with Gasteiger partial charge >= 0.3 is 6.18 Å². The number of aliphatic imine (C=N–C) groups is 1. The van der Waals surface area contributed by atoms with E-state index in [-0.39, 0.29) is 0 Å². The molecular formula is C19H29F3N4. The number of unbranched alkanes of at least 4 members (excludes halogenated alkanes) is 1. The molecule has 0 spiro atoms. The fraction of sp³-hybridized carbons (Fsp3) is 0.632. The van der Waals surface area contributed by atoms with Crippen LogP contribution in [-0.4, -0.2) is 43.6 Å². The highest BCUT2D eigenvalue weighted by Gasteiger charge is 2.29. The first-order chi connectivity index (χ1) is 12.5. The average Bonchev–Trinajstić information content (AvgIpc) is 3.12. The van der Waals surface area contributed by atoms with E-state index < -0.39 is 11.7 Å². The van der Waals surface area contributed by atoms with E-state index in [2.05, 4.69) is 20.5 Å². The van der Waals surface area contributed by atoms with Crippen molar-refractivity contribution < 1.29 is 13.2 Å². The van der Waals surface area contributed by atoms with E-state index in [0.29, 0.717) is 12.5 Å². The molecule has 2 N–H and O–H groups in total. The van der Waals surface area contributed by atoms with Gasteiger partial charge in [0.15, 0.2) is 5.96 Å². The number of rotatable bonds is 8. The van der Waals surface area contributed by atoms with Crippen LogP contribution in [0.1, 0.15) is 43.7 Å². The van der Waals surface area contributed by atoms with E-state index in [0.717, 1.165) is 50.2 Å². The van der Waals surface area contributed by atoms with Gasteiger partial charge in [0.2, 0.25) is 0 Å². The lowest BCUT2D eigenvalue weighted by Gasteiger charge is -2.15. The third-order valence-corrected chi connectivity index (χ3v) is 4.44. The lowest BCUT2D eigenvalue weighted by molar-refractivity contribution is -0.137. The van der Waals surface area contributed by atoms with Gasteiger partial charge in [-0.15, -0.1) is 0 Å². The van der Waals surface area contributed by atoms with Crippen molar-refractivity contribution in [3.8, 4) is 0 Å². The van der Waals surface area contributed by atoms with Gasteiger partial charge in [0.1, 0.15) is 0 Å². The van der Waals surface area contributed by atoms with Crippen molar-refractivity contribution in [3.63, 3.8) is 0 Å². The minimum atomic E-state index is -4.30. The molecule has 146 valence electrons. The van der Waals surface area contributed by atoms with E-state index >= 15 is 0 Å². The normalized spacial score (nSPS) is 16.1. The van der Waals surface area contributed by atoms with Crippen LogP contribution in [0.3, 0.4) is 0 Å². The summed E-state index contributed by atoms with van der Waals surface area (Å²) in [6.07, 6.45) is 0.568. The van der Waals surface area contributed by atoms with E-state index in [1.54, 1.807) is 0 Å². The molecule has 1 aliphatic heterocycles. The Morgan fingerprint density at radius 3 is 2.38 bits per heavy atom. The third kappa shape index (κ3) is 7.23. The van der Waals surface area contributed by atoms with Crippen molar-refractivity contribution in [1.82, 2.24) is 15.5 Å². The SMILES string of the molecule is CCNC(=NCc1ccc(C(F)(F)F)cc1)NCCCCN1CCCC1. The molecule has 1 heterocycles. The summed E-state index contributed by atoms with van der Waals surface area (Å²) in [6.45, 7) is 7.53. The predicted octanol–water partition coefficient (Wildman–Crippen LogP) is 3.64. The van der Waals surface area contributed by atoms with E-state index in [1.807, 2.05) is 6.92 Å². The maximum atomic E-state index is 12.6. The molecule has 0 bridgehead atoms. The molecule has 1 fully saturated rings. The Balaban J connectivity index is 1.74. The fourth-order valence-electron chi connectivity index (χ4n) is 2.98. The Bertz CT molecular complexity index is 549. The molecule has 0 saturated carbocycles. The van der Waals surface area contributed by atoms with Crippen LogP contribution in [0.4, 0.5) is 13.2 Å². The molecule has 2 rings (SSSR count). The van der Waals surface area contributed by atoms with Crippen molar-refractivity contribution in [2.75, 3.05) is 32.7 Å². The first kappa shape index (κ1) is 20.6. The maximum absolute atomic E-state index is 12.6. The number of guanidine groups is 1. The summed E-state index contributed by atoms with van der Waals surface area (Å²) in [4.78, 5) is 6.96. The molecule has 1 saturated heterocycles. The van der Waals surface area contributed by atoms with Gasteiger partial charge in [-0.1, -0.05) is 12.1 Å². The van der Waals surface area contributed by atoms with Gasteiger partial charge in [0, 0.05) is 13.1 Å². The number of nitrogens with one attached hydrogen (secondary N) is 2. The second-order valence-corrected chi connectivity index (χ2v) is 6.57.